The summed E-state index contributed by atoms with van der Waals surface area (Å²) >= 11 is 0. The van der Waals surface area contributed by atoms with E-state index in [4.69, 9.17) is 11.3 Å². The SMILES string of the molecule is [C-]#[N+]c1ccc(N(CCOc2ccc(NS(C)(=O)=O)cc2)CC(F)(F)F)cc1C(F)(F)F. The predicted molar refractivity (Wildman–Crippen MR) is 106 cm³/mol. The fourth-order valence-corrected chi connectivity index (χ4v) is 3.23. The van der Waals surface area contributed by atoms with Gasteiger partial charge in [-0.3, -0.25) is 4.72 Å². The van der Waals surface area contributed by atoms with E-state index in [1.54, 1.807) is 0 Å². The van der Waals surface area contributed by atoms with Gasteiger partial charge in [-0.05, 0) is 36.4 Å². The molecule has 2 aromatic carbocycles. The molecular formula is C19H17F6N3O3S. The highest BCUT2D eigenvalue weighted by Crippen LogP contribution is 2.39. The van der Waals surface area contributed by atoms with E-state index in [-0.39, 0.29) is 23.7 Å². The molecule has 0 aliphatic rings. The first-order valence-electron chi connectivity index (χ1n) is 8.79. The number of alkyl halides is 6. The van der Waals surface area contributed by atoms with Gasteiger partial charge in [0.15, 0.2) is 5.69 Å². The first-order chi connectivity index (χ1) is 14.7. The quantitative estimate of drug-likeness (QED) is 0.422. The van der Waals surface area contributed by atoms with E-state index in [0.29, 0.717) is 11.0 Å². The van der Waals surface area contributed by atoms with Crippen molar-refractivity contribution in [3.63, 3.8) is 0 Å². The van der Waals surface area contributed by atoms with Crippen molar-refractivity contribution in [2.75, 3.05) is 35.6 Å². The van der Waals surface area contributed by atoms with E-state index in [9.17, 15) is 34.8 Å². The summed E-state index contributed by atoms with van der Waals surface area (Å²) in [5, 5.41) is 0. The molecule has 0 radical (unpaired) electrons. The van der Waals surface area contributed by atoms with Gasteiger partial charge in [-0.1, -0.05) is 6.07 Å². The third kappa shape index (κ3) is 7.84. The Balaban J connectivity index is 2.16. The van der Waals surface area contributed by atoms with Crippen LogP contribution in [0.2, 0.25) is 0 Å². The zero-order valence-electron chi connectivity index (χ0n) is 16.5. The normalized spacial score (nSPS) is 12.2. The van der Waals surface area contributed by atoms with Crippen LogP contribution >= 0.6 is 0 Å². The maximum Gasteiger partial charge on any atom is 0.407 e. The van der Waals surface area contributed by atoms with Gasteiger partial charge in [-0.25, -0.2) is 13.3 Å². The number of benzene rings is 2. The fourth-order valence-electron chi connectivity index (χ4n) is 2.67. The van der Waals surface area contributed by atoms with Crippen LogP contribution in [0.15, 0.2) is 42.5 Å². The lowest BCUT2D eigenvalue weighted by Crippen LogP contribution is -2.37. The highest BCUT2D eigenvalue weighted by atomic mass is 32.2. The van der Waals surface area contributed by atoms with Crippen LogP contribution in [0.3, 0.4) is 0 Å². The van der Waals surface area contributed by atoms with Gasteiger partial charge < -0.3 is 9.64 Å². The second-order valence-corrected chi connectivity index (χ2v) is 8.34. The second kappa shape index (κ2) is 9.56. The summed E-state index contributed by atoms with van der Waals surface area (Å²) in [5.74, 6) is 0.218. The Labute approximate surface area is 180 Å². The second-order valence-electron chi connectivity index (χ2n) is 6.59. The number of nitrogens with zero attached hydrogens (tertiary/aromatic N) is 2. The Bertz CT molecular complexity index is 1080. The molecule has 0 unspecified atom stereocenters. The van der Waals surface area contributed by atoms with Crippen LogP contribution in [0, 0.1) is 6.57 Å². The van der Waals surface area contributed by atoms with E-state index in [1.807, 2.05) is 0 Å². The standard InChI is InChI=1S/C19H17F6N3O3S/c1-26-17-8-5-14(11-16(17)19(23,24)25)28(12-18(20,21)22)9-10-31-15-6-3-13(4-7-15)27-32(2,29)30/h3-8,11,27H,9-10,12H2,2H3. The molecule has 2 aromatic rings. The number of ether oxygens (including phenoxy) is 1. The van der Waals surface area contributed by atoms with E-state index in [2.05, 4.69) is 9.57 Å². The van der Waals surface area contributed by atoms with Crippen molar-refractivity contribution in [3.05, 3.63) is 59.4 Å². The van der Waals surface area contributed by atoms with Crippen LogP contribution in [0.5, 0.6) is 5.75 Å². The number of anilines is 2. The molecule has 0 bridgehead atoms. The Morgan fingerprint density at radius 2 is 1.69 bits per heavy atom. The van der Waals surface area contributed by atoms with Gasteiger partial charge in [-0.15, -0.1) is 0 Å². The van der Waals surface area contributed by atoms with Crippen LogP contribution in [-0.2, 0) is 16.2 Å². The molecule has 0 spiro atoms. The molecule has 6 nitrogen and oxygen atoms in total. The Kier molecular flexibility index (Phi) is 7.50. The average molecular weight is 481 g/mol. The molecular weight excluding hydrogens is 464 g/mol. The molecule has 0 aliphatic heterocycles. The zero-order valence-corrected chi connectivity index (χ0v) is 17.3. The molecule has 1 N–H and O–H groups in total. The molecule has 0 heterocycles. The van der Waals surface area contributed by atoms with Crippen molar-refractivity contribution in [3.8, 4) is 5.75 Å². The lowest BCUT2D eigenvalue weighted by Gasteiger charge is -2.27. The van der Waals surface area contributed by atoms with Gasteiger partial charge in [0.1, 0.15) is 18.9 Å². The van der Waals surface area contributed by atoms with E-state index in [1.165, 1.54) is 24.3 Å². The molecule has 0 aliphatic carbocycles. The van der Waals surface area contributed by atoms with Crippen molar-refractivity contribution in [2.45, 2.75) is 12.4 Å². The summed E-state index contributed by atoms with van der Waals surface area (Å²) in [5.41, 5.74) is -2.16. The number of halogens is 6. The number of hydrogen-bond donors (Lipinski definition) is 1. The van der Waals surface area contributed by atoms with Gasteiger partial charge in [0.05, 0.1) is 24.9 Å². The number of rotatable bonds is 8. The first-order valence-corrected chi connectivity index (χ1v) is 10.7. The molecule has 0 aromatic heterocycles. The zero-order chi connectivity index (χ0) is 24.2. The summed E-state index contributed by atoms with van der Waals surface area (Å²) in [6, 6.07) is 7.86. The molecule has 174 valence electrons. The molecule has 32 heavy (non-hydrogen) atoms. The molecule has 2 rings (SSSR count). The molecule has 0 fully saturated rings. The molecule has 13 heteroatoms. The van der Waals surface area contributed by atoms with Gasteiger partial charge >= 0.3 is 12.4 Å². The van der Waals surface area contributed by atoms with Crippen molar-refractivity contribution in [2.24, 2.45) is 0 Å². The van der Waals surface area contributed by atoms with Crippen LogP contribution < -0.4 is 14.4 Å². The Hall–Kier alpha value is -3.14. The van der Waals surface area contributed by atoms with Gasteiger partial charge in [0.2, 0.25) is 10.0 Å². The predicted octanol–water partition coefficient (Wildman–Crippen LogP) is 5.08. The third-order valence-corrected chi connectivity index (χ3v) is 4.54. The minimum Gasteiger partial charge on any atom is -0.492 e. The lowest BCUT2D eigenvalue weighted by atomic mass is 10.1. The topological polar surface area (TPSA) is 63.0 Å². The monoisotopic (exact) mass is 481 g/mol. The van der Waals surface area contributed by atoms with Crippen LogP contribution in [-0.4, -0.2) is 40.5 Å². The average Bonchev–Trinajstić information content (AvgIpc) is 2.65. The van der Waals surface area contributed by atoms with Crippen molar-refractivity contribution < 1.29 is 39.5 Å². The van der Waals surface area contributed by atoms with E-state index >= 15 is 0 Å². The summed E-state index contributed by atoms with van der Waals surface area (Å²) in [4.78, 5) is 3.43. The van der Waals surface area contributed by atoms with Gasteiger partial charge in [-0.2, -0.15) is 26.3 Å². The lowest BCUT2D eigenvalue weighted by molar-refractivity contribution is -0.136. The van der Waals surface area contributed by atoms with Crippen molar-refractivity contribution in [1.29, 1.82) is 0 Å². The van der Waals surface area contributed by atoms with Crippen LogP contribution in [0.1, 0.15) is 5.56 Å². The summed E-state index contributed by atoms with van der Waals surface area (Å²) in [7, 11) is -3.49. The summed E-state index contributed by atoms with van der Waals surface area (Å²) < 4.78 is 108. The third-order valence-electron chi connectivity index (χ3n) is 3.93. The number of hydrogen-bond acceptors (Lipinski definition) is 4. The molecule has 0 saturated heterocycles. The fraction of sp³-hybridized carbons (Fsp3) is 0.316. The van der Waals surface area contributed by atoms with Gasteiger partial charge in [0.25, 0.3) is 0 Å². The van der Waals surface area contributed by atoms with Crippen molar-refractivity contribution in [1.82, 2.24) is 0 Å². The number of sulfonamides is 1. The summed E-state index contributed by atoms with van der Waals surface area (Å²) in [6.07, 6.45) is -8.64. The highest BCUT2D eigenvalue weighted by molar-refractivity contribution is 7.92. The minimum atomic E-state index is -4.90. The Morgan fingerprint density at radius 3 is 2.19 bits per heavy atom. The van der Waals surface area contributed by atoms with Crippen LogP contribution in [0.25, 0.3) is 4.85 Å². The van der Waals surface area contributed by atoms with E-state index in [0.717, 1.165) is 18.4 Å². The van der Waals surface area contributed by atoms with Crippen molar-refractivity contribution >= 4 is 27.1 Å². The highest BCUT2D eigenvalue weighted by Gasteiger charge is 2.35. The molecule has 0 amide bonds. The minimum absolute atomic E-state index is 0.218. The first kappa shape index (κ1) is 25.1. The molecule has 0 saturated carbocycles. The van der Waals surface area contributed by atoms with E-state index < -0.39 is 46.7 Å². The molecule has 0 atom stereocenters. The summed E-state index contributed by atoms with van der Waals surface area (Å²) in [6.45, 7) is 4.59. The van der Waals surface area contributed by atoms with Gasteiger partial charge in [0, 0.05) is 11.4 Å². The maximum atomic E-state index is 13.2. The Morgan fingerprint density at radius 1 is 1.06 bits per heavy atom. The maximum absolute atomic E-state index is 13.2. The number of nitrogens with one attached hydrogen (secondary N) is 1. The van der Waals surface area contributed by atoms with Crippen LogP contribution in [0.4, 0.5) is 43.4 Å². The smallest absolute Gasteiger partial charge is 0.407 e. The largest absolute Gasteiger partial charge is 0.492 e.